The van der Waals surface area contributed by atoms with Crippen LogP contribution in [0.15, 0.2) is 52.9 Å². The number of hydrogen-bond donors (Lipinski definition) is 1. The molecule has 1 saturated carbocycles. The summed E-state index contributed by atoms with van der Waals surface area (Å²) in [5, 5.41) is 2.49. The maximum atomic E-state index is 12.3. The number of carbonyl (C=O) groups excluding carboxylic acids is 1. The van der Waals surface area contributed by atoms with E-state index in [0.717, 1.165) is 42.3 Å². The van der Waals surface area contributed by atoms with Gasteiger partial charge in [-0.2, -0.15) is 0 Å². The average molecular weight is 398 g/mol. The van der Waals surface area contributed by atoms with Gasteiger partial charge in [0.15, 0.2) is 15.4 Å². The summed E-state index contributed by atoms with van der Waals surface area (Å²) in [6.45, 7) is 0. The molecule has 0 unspecified atom stereocenters. The molecule has 1 aliphatic carbocycles. The van der Waals surface area contributed by atoms with Crippen molar-refractivity contribution in [3.8, 4) is 11.5 Å². The first-order valence-electron chi connectivity index (χ1n) is 9.49. The first-order chi connectivity index (χ1) is 13.5. The predicted octanol–water partition coefficient (Wildman–Crippen LogP) is 4.18. The van der Waals surface area contributed by atoms with Gasteiger partial charge in [0.1, 0.15) is 5.52 Å². The molecule has 6 nitrogen and oxygen atoms in total. The third-order valence-corrected chi connectivity index (χ3v) is 7.39. The minimum atomic E-state index is -3.18. The van der Waals surface area contributed by atoms with Crippen LogP contribution >= 0.6 is 0 Å². The second kappa shape index (κ2) is 7.75. The second-order valence-electron chi connectivity index (χ2n) is 7.14. The van der Waals surface area contributed by atoms with E-state index in [0.29, 0.717) is 11.6 Å². The number of rotatable bonds is 6. The molecular weight excluding hydrogens is 376 g/mol. The van der Waals surface area contributed by atoms with Gasteiger partial charge in [0.25, 0.3) is 0 Å². The number of aromatic nitrogens is 1. The van der Waals surface area contributed by atoms with Gasteiger partial charge in [0, 0.05) is 17.7 Å². The van der Waals surface area contributed by atoms with Crippen LogP contribution in [-0.2, 0) is 14.6 Å². The Labute approximate surface area is 163 Å². The van der Waals surface area contributed by atoms with Gasteiger partial charge in [-0.25, -0.2) is 13.4 Å². The molecule has 0 aliphatic heterocycles. The molecule has 1 fully saturated rings. The van der Waals surface area contributed by atoms with Crippen molar-refractivity contribution < 1.29 is 17.6 Å². The molecule has 7 heteroatoms. The third-order valence-electron chi connectivity index (χ3n) is 5.13. The van der Waals surface area contributed by atoms with E-state index in [-0.39, 0.29) is 23.3 Å². The Bertz CT molecular complexity index is 1050. The largest absolute Gasteiger partial charge is 0.436 e. The number of nitrogens with zero attached hydrogens (tertiary/aromatic N) is 1. The first kappa shape index (κ1) is 18.7. The van der Waals surface area contributed by atoms with Gasteiger partial charge in [0.2, 0.25) is 11.8 Å². The zero-order chi connectivity index (χ0) is 19.6. The summed E-state index contributed by atoms with van der Waals surface area (Å²) < 4.78 is 30.3. The number of carbonyl (C=O) groups is 1. The van der Waals surface area contributed by atoms with Gasteiger partial charge in [-0.1, -0.05) is 25.0 Å². The van der Waals surface area contributed by atoms with Crippen molar-refractivity contribution in [2.75, 3.05) is 11.1 Å². The van der Waals surface area contributed by atoms with Crippen molar-refractivity contribution in [3.05, 3.63) is 48.5 Å². The summed E-state index contributed by atoms with van der Waals surface area (Å²) in [5.74, 6) is 0.128. The molecule has 0 spiro atoms. The Morgan fingerprint density at radius 2 is 1.79 bits per heavy atom. The van der Waals surface area contributed by atoms with Crippen LogP contribution in [0.4, 0.5) is 5.69 Å². The number of hydrogen-bond acceptors (Lipinski definition) is 5. The minimum absolute atomic E-state index is 0.0221. The number of nitrogens with one attached hydrogen (secondary N) is 1. The Hall–Kier alpha value is -2.67. The molecule has 0 radical (unpaired) electrons. The van der Waals surface area contributed by atoms with Gasteiger partial charge >= 0.3 is 0 Å². The van der Waals surface area contributed by atoms with Crippen LogP contribution in [0.2, 0.25) is 0 Å². The lowest BCUT2D eigenvalue weighted by Crippen LogP contribution is -2.24. The fraction of sp³-hybridized carbons (Fsp3) is 0.333. The summed E-state index contributed by atoms with van der Waals surface area (Å²) in [7, 11) is -3.18. The quantitative estimate of drug-likeness (QED) is 0.673. The highest BCUT2D eigenvalue weighted by atomic mass is 32.2. The molecule has 28 heavy (non-hydrogen) atoms. The molecule has 1 aliphatic rings. The van der Waals surface area contributed by atoms with E-state index in [4.69, 9.17) is 4.42 Å². The SMILES string of the molecule is O=C(CCS(=O)(=O)C1CCCC1)Nc1ccc(-c2nc3ccccc3o2)cc1. The first-order valence-corrected chi connectivity index (χ1v) is 11.2. The standard InChI is InChI=1S/C21H22N2O4S/c24-20(13-14-28(25,26)17-5-1-2-6-17)22-16-11-9-15(10-12-16)21-23-18-7-3-4-8-19(18)27-21/h3-4,7-12,17H,1-2,5-6,13-14H2,(H,22,24). The second-order valence-corrected chi connectivity index (χ2v) is 9.54. The highest BCUT2D eigenvalue weighted by molar-refractivity contribution is 7.92. The molecule has 0 atom stereocenters. The molecular formula is C21H22N2O4S. The van der Waals surface area contributed by atoms with E-state index in [2.05, 4.69) is 10.3 Å². The number of para-hydroxylation sites is 2. The Morgan fingerprint density at radius 3 is 2.50 bits per heavy atom. The molecule has 3 aromatic rings. The Balaban J connectivity index is 1.36. The summed E-state index contributed by atoms with van der Waals surface area (Å²) in [6.07, 6.45) is 3.35. The fourth-order valence-electron chi connectivity index (χ4n) is 3.56. The van der Waals surface area contributed by atoms with Gasteiger partial charge in [-0.3, -0.25) is 4.79 Å². The summed E-state index contributed by atoms with van der Waals surface area (Å²) in [4.78, 5) is 16.6. The molecule has 0 saturated heterocycles. The van der Waals surface area contributed by atoms with Crippen LogP contribution in [-0.4, -0.2) is 30.3 Å². The van der Waals surface area contributed by atoms with Gasteiger partial charge in [-0.15, -0.1) is 0 Å². The number of oxazole rings is 1. The van der Waals surface area contributed by atoms with Gasteiger partial charge < -0.3 is 9.73 Å². The minimum Gasteiger partial charge on any atom is -0.436 e. The molecule has 146 valence electrons. The van der Waals surface area contributed by atoms with Crippen molar-refractivity contribution in [3.63, 3.8) is 0 Å². The number of anilines is 1. The third kappa shape index (κ3) is 4.09. The number of amides is 1. The normalized spacial score (nSPS) is 15.1. The van der Waals surface area contributed by atoms with E-state index in [1.807, 2.05) is 36.4 Å². The van der Waals surface area contributed by atoms with Crippen LogP contribution in [0.25, 0.3) is 22.6 Å². The lowest BCUT2D eigenvalue weighted by molar-refractivity contribution is -0.115. The highest BCUT2D eigenvalue weighted by Gasteiger charge is 2.28. The van der Waals surface area contributed by atoms with Crippen molar-refractivity contribution in [1.82, 2.24) is 4.98 Å². The van der Waals surface area contributed by atoms with E-state index in [9.17, 15) is 13.2 Å². The van der Waals surface area contributed by atoms with Gasteiger partial charge in [0.05, 0.1) is 11.0 Å². The number of fused-ring (bicyclic) bond motifs is 1. The Kier molecular flexibility index (Phi) is 5.17. The average Bonchev–Trinajstić information content (AvgIpc) is 3.37. The summed E-state index contributed by atoms with van der Waals surface area (Å²) in [6, 6.07) is 14.7. The lowest BCUT2D eigenvalue weighted by Gasteiger charge is -2.11. The zero-order valence-corrected chi connectivity index (χ0v) is 16.2. The van der Waals surface area contributed by atoms with E-state index in [1.54, 1.807) is 12.1 Å². The molecule has 1 heterocycles. The molecule has 0 bridgehead atoms. The fourth-order valence-corrected chi connectivity index (χ4v) is 5.42. The summed E-state index contributed by atoms with van der Waals surface area (Å²) >= 11 is 0. The van der Waals surface area contributed by atoms with Crippen LogP contribution in [0.3, 0.4) is 0 Å². The number of sulfone groups is 1. The number of benzene rings is 2. The molecule has 1 amide bonds. The van der Waals surface area contributed by atoms with E-state index >= 15 is 0 Å². The topological polar surface area (TPSA) is 89.3 Å². The molecule has 1 N–H and O–H groups in total. The van der Waals surface area contributed by atoms with Crippen molar-refractivity contribution in [2.24, 2.45) is 0 Å². The Morgan fingerprint density at radius 1 is 1.07 bits per heavy atom. The van der Waals surface area contributed by atoms with Crippen LogP contribution in [0.1, 0.15) is 32.1 Å². The smallest absolute Gasteiger partial charge is 0.227 e. The zero-order valence-electron chi connectivity index (χ0n) is 15.4. The molecule has 1 aromatic heterocycles. The highest BCUT2D eigenvalue weighted by Crippen LogP contribution is 2.26. The predicted molar refractivity (Wildman–Crippen MR) is 109 cm³/mol. The van der Waals surface area contributed by atoms with Crippen molar-refractivity contribution in [2.45, 2.75) is 37.4 Å². The summed E-state index contributed by atoms with van der Waals surface area (Å²) in [5.41, 5.74) is 2.93. The molecule has 4 rings (SSSR count). The maximum Gasteiger partial charge on any atom is 0.227 e. The van der Waals surface area contributed by atoms with Crippen molar-refractivity contribution >= 4 is 32.5 Å². The monoisotopic (exact) mass is 398 g/mol. The maximum absolute atomic E-state index is 12.3. The van der Waals surface area contributed by atoms with E-state index in [1.165, 1.54) is 0 Å². The van der Waals surface area contributed by atoms with Crippen LogP contribution in [0, 0.1) is 0 Å². The van der Waals surface area contributed by atoms with Crippen LogP contribution < -0.4 is 5.32 Å². The molecule has 2 aromatic carbocycles. The van der Waals surface area contributed by atoms with Crippen LogP contribution in [0.5, 0.6) is 0 Å². The van der Waals surface area contributed by atoms with Gasteiger partial charge in [-0.05, 0) is 49.2 Å². The van der Waals surface area contributed by atoms with Crippen molar-refractivity contribution in [1.29, 1.82) is 0 Å². The lowest BCUT2D eigenvalue weighted by atomic mass is 10.2. The van der Waals surface area contributed by atoms with E-state index < -0.39 is 9.84 Å².